The van der Waals surface area contributed by atoms with Gasteiger partial charge >= 0.3 is 12.1 Å². The molecule has 7 nitrogen and oxygen atoms in total. The van der Waals surface area contributed by atoms with Gasteiger partial charge in [0.1, 0.15) is 11.2 Å². The first-order valence-electron chi connectivity index (χ1n) is 9.10. The van der Waals surface area contributed by atoms with Gasteiger partial charge in [-0.05, 0) is 54.4 Å². The zero-order chi connectivity index (χ0) is 19.7. The SMILES string of the molecule is Cn1cnc(C2CCN(C(=O)OC(C)(C)C)CC2)c1C(=O)OC(C)(C)C. The van der Waals surface area contributed by atoms with Crippen LogP contribution >= 0.6 is 0 Å². The number of aryl methyl sites for hydroxylation is 1. The van der Waals surface area contributed by atoms with Crippen LogP contribution < -0.4 is 0 Å². The summed E-state index contributed by atoms with van der Waals surface area (Å²) in [5, 5.41) is 0. The van der Waals surface area contributed by atoms with Crippen molar-refractivity contribution >= 4 is 12.1 Å². The average Bonchev–Trinajstić information content (AvgIpc) is 2.85. The molecule has 0 unspecified atom stereocenters. The van der Waals surface area contributed by atoms with Crippen LogP contribution in [-0.2, 0) is 16.5 Å². The number of hydrogen-bond acceptors (Lipinski definition) is 5. The van der Waals surface area contributed by atoms with E-state index in [1.54, 1.807) is 22.8 Å². The average molecular weight is 365 g/mol. The molecule has 1 fully saturated rings. The van der Waals surface area contributed by atoms with E-state index in [9.17, 15) is 9.59 Å². The van der Waals surface area contributed by atoms with Crippen molar-refractivity contribution in [1.29, 1.82) is 0 Å². The van der Waals surface area contributed by atoms with Crippen LogP contribution in [0.2, 0.25) is 0 Å². The fourth-order valence-electron chi connectivity index (χ4n) is 2.98. The van der Waals surface area contributed by atoms with Crippen molar-refractivity contribution in [2.75, 3.05) is 13.1 Å². The number of amides is 1. The third kappa shape index (κ3) is 5.22. The fourth-order valence-corrected chi connectivity index (χ4v) is 2.98. The van der Waals surface area contributed by atoms with E-state index < -0.39 is 11.2 Å². The van der Waals surface area contributed by atoms with Gasteiger partial charge in [-0.25, -0.2) is 14.6 Å². The number of piperidine rings is 1. The van der Waals surface area contributed by atoms with Crippen molar-refractivity contribution in [1.82, 2.24) is 14.5 Å². The van der Waals surface area contributed by atoms with E-state index in [2.05, 4.69) is 4.98 Å². The molecule has 0 bridgehead atoms. The van der Waals surface area contributed by atoms with E-state index in [-0.39, 0.29) is 18.0 Å². The molecule has 1 amide bonds. The van der Waals surface area contributed by atoms with Gasteiger partial charge in [0.2, 0.25) is 0 Å². The largest absolute Gasteiger partial charge is 0.455 e. The molecule has 0 aliphatic carbocycles. The second-order valence-electron chi connectivity index (χ2n) is 8.83. The van der Waals surface area contributed by atoms with Crippen LogP contribution in [0, 0.1) is 0 Å². The zero-order valence-corrected chi connectivity index (χ0v) is 17.0. The number of ether oxygens (including phenoxy) is 2. The Balaban J connectivity index is 2.06. The molecule has 0 N–H and O–H groups in total. The Morgan fingerprint density at radius 2 is 1.58 bits per heavy atom. The highest BCUT2D eigenvalue weighted by atomic mass is 16.6. The highest BCUT2D eigenvalue weighted by Gasteiger charge is 2.32. The molecule has 1 saturated heterocycles. The number of hydrogen-bond donors (Lipinski definition) is 0. The van der Waals surface area contributed by atoms with Crippen LogP contribution in [0.3, 0.4) is 0 Å². The summed E-state index contributed by atoms with van der Waals surface area (Å²) >= 11 is 0. The van der Waals surface area contributed by atoms with E-state index in [4.69, 9.17) is 9.47 Å². The lowest BCUT2D eigenvalue weighted by atomic mass is 9.92. The lowest BCUT2D eigenvalue weighted by Gasteiger charge is -2.33. The third-order valence-corrected chi connectivity index (χ3v) is 4.09. The highest BCUT2D eigenvalue weighted by Crippen LogP contribution is 2.30. The molecule has 0 radical (unpaired) electrons. The molecule has 7 heteroatoms. The van der Waals surface area contributed by atoms with Crippen LogP contribution in [-0.4, -0.2) is 50.8 Å². The number of likely N-dealkylation sites (tertiary alicyclic amines) is 1. The van der Waals surface area contributed by atoms with Crippen LogP contribution in [0.4, 0.5) is 4.79 Å². The smallest absolute Gasteiger partial charge is 0.410 e. The summed E-state index contributed by atoms with van der Waals surface area (Å²) in [6.07, 6.45) is 2.84. The first kappa shape index (κ1) is 20.3. The van der Waals surface area contributed by atoms with Gasteiger partial charge in [-0.3, -0.25) is 0 Å². The maximum atomic E-state index is 12.6. The monoisotopic (exact) mass is 365 g/mol. The third-order valence-electron chi connectivity index (χ3n) is 4.09. The van der Waals surface area contributed by atoms with E-state index >= 15 is 0 Å². The Morgan fingerprint density at radius 1 is 1.04 bits per heavy atom. The molecule has 1 aromatic rings. The molecule has 0 aromatic carbocycles. The van der Waals surface area contributed by atoms with Crippen molar-refractivity contribution in [3.63, 3.8) is 0 Å². The zero-order valence-electron chi connectivity index (χ0n) is 17.0. The molecule has 0 saturated carbocycles. The molecule has 2 rings (SSSR count). The molecule has 1 aromatic heterocycles. The van der Waals surface area contributed by atoms with Gasteiger partial charge in [0.05, 0.1) is 12.0 Å². The van der Waals surface area contributed by atoms with Gasteiger partial charge in [0, 0.05) is 26.1 Å². The standard InChI is InChI=1S/C19H31N3O4/c1-18(2,3)25-16(23)15-14(20-12-21(15)7)13-8-10-22(11-9-13)17(24)26-19(4,5)6/h12-13H,8-11H2,1-7H3. The number of carbonyl (C=O) groups is 2. The summed E-state index contributed by atoms with van der Waals surface area (Å²) in [5.41, 5.74) is 0.193. The molecule has 2 heterocycles. The summed E-state index contributed by atoms with van der Waals surface area (Å²) in [6.45, 7) is 12.3. The van der Waals surface area contributed by atoms with Crippen molar-refractivity contribution in [3.8, 4) is 0 Å². The summed E-state index contributed by atoms with van der Waals surface area (Å²) in [7, 11) is 1.80. The van der Waals surface area contributed by atoms with E-state index in [0.717, 1.165) is 18.5 Å². The Kier molecular flexibility index (Phi) is 5.68. The maximum Gasteiger partial charge on any atom is 0.410 e. The van der Waals surface area contributed by atoms with Gasteiger partial charge in [0.25, 0.3) is 0 Å². The first-order valence-corrected chi connectivity index (χ1v) is 9.10. The summed E-state index contributed by atoms with van der Waals surface area (Å²) < 4.78 is 12.7. The number of aromatic nitrogens is 2. The quantitative estimate of drug-likeness (QED) is 0.750. The predicted octanol–water partition coefficient (Wildman–Crippen LogP) is 3.49. The van der Waals surface area contributed by atoms with Gasteiger partial charge in [0.15, 0.2) is 5.69 Å². The van der Waals surface area contributed by atoms with Crippen LogP contribution in [0.25, 0.3) is 0 Å². The molecular weight excluding hydrogens is 334 g/mol. The summed E-state index contributed by atoms with van der Waals surface area (Å²) in [6, 6.07) is 0. The number of imidazole rings is 1. The first-order chi connectivity index (χ1) is 11.9. The van der Waals surface area contributed by atoms with Crippen LogP contribution in [0.5, 0.6) is 0 Å². The van der Waals surface area contributed by atoms with Gasteiger partial charge in [-0.1, -0.05) is 0 Å². The highest BCUT2D eigenvalue weighted by molar-refractivity contribution is 5.89. The normalized spacial score (nSPS) is 16.5. The van der Waals surface area contributed by atoms with Crippen LogP contribution in [0.15, 0.2) is 6.33 Å². The van der Waals surface area contributed by atoms with E-state index in [1.807, 2.05) is 41.5 Å². The minimum absolute atomic E-state index is 0.123. The second kappa shape index (κ2) is 7.29. The fraction of sp³-hybridized carbons (Fsp3) is 0.737. The topological polar surface area (TPSA) is 73.7 Å². The second-order valence-corrected chi connectivity index (χ2v) is 8.83. The Morgan fingerprint density at radius 3 is 2.08 bits per heavy atom. The minimum atomic E-state index is -0.557. The minimum Gasteiger partial charge on any atom is -0.455 e. The Labute approximate surface area is 155 Å². The van der Waals surface area contributed by atoms with E-state index in [1.165, 1.54) is 0 Å². The predicted molar refractivity (Wildman–Crippen MR) is 98.2 cm³/mol. The van der Waals surface area contributed by atoms with Crippen molar-refractivity contribution in [2.24, 2.45) is 7.05 Å². The van der Waals surface area contributed by atoms with Gasteiger partial charge in [-0.15, -0.1) is 0 Å². The lowest BCUT2D eigenvalue weighted by Crippen LogP contribution is -2.41. The molecule has 1 aliphatic heterocycles. The molecular formula is C19H31N3O4. The molecule has 0 spiro atoms. The van der Waals surface area contributed by atoms with Crippen molar-refractivity contribution in [3.05, 3.63) is 17.7 Å². The van der Waals surface area contributed by atoms with Gasteiger partial charge < -0.3 is 18.9 Å². The molecule has 26 heavy (non-hydrogen) atoms. The molecule has 146 valence electrons. The van der Waals surface area contributed by atoms with Gasteiger partial charge in [-0.2, -0.15) is 0 Å². The van der Waals surface area contributed by atoms with E-state index in [0.29, 0.717) is 18.8 Å². The van der Waals surface area contributed by atoms with Crippen molar-refractivity contribution in [2.45, 2.75) is 71.5 Å². The number of nitrogens with zero attached hydrogens (tertiary/aromatic N) is 3. The summed E-state index contributed by atoms with van der Waals surface area (Å²) in [5.74, 6) is -0.237. The molecule has 1 aliphatic rings. The van der Waals surface area contributed by atoms with Crippen molar-refractivity contribution < 1.29 is 19.1 Å². The molecule has 0 atom stereocenters. The lowest BCUT2D eigenvalue weighted by molar-refractivity contribution is 0.00526. The summed E-state index contributed by atoms with van der Waals surface area (Å²) in [4.78, 5) is 30.9. The van der Waals surface area contributed by atoms with Crippen LogP contribution in [0.1, 0.15) is 76.5 Å². The Hall–Kier alpha value is -2.05. The maximum absolute atomic E-state index is 12.6. The number of carbonyl (C=O) groups excluding carboxylic acids is 2. The Bertz CT molecular complexity index is 659. The number of rotatable bonds is 2. The number of esters is 1.